The number of ether oxygens (including phenoxy) is 1. The Hall–Kier alpha value is -1.88. The summed E-state index contributed by atoms with van der Waals surface area (Å²) >= 11 is 0. The maximum absolute atomic E-state index is 12.5. The van der Waals surface area contributed by atoms with Crippen LogP contribution >= 0.6 is 0 Å². The molecule has 0 atom stereocenters. The zero-order valence-electron chi connectivity index (χ0n) is 13.5. The van der Waals surface area contributed by atoms with E-state index in [4.69, 9.17) is 4.74 Å². The monoisotopic (exact) mass is 304 g/mol. The smallest absolute Gasteiger partial charge is 0.240 e. The molecule has 0 aliphatic heterocycles. The van der Waals surface area contributed by atoms with Crippen molar-refractivity contribution in [2.24, 2.45) is 5.41 Å². The molecule has 1 saturated carbocycles. The first kappa shape index (κ1) is 16.5. The maximum atomic E-state index is 12.5. The van der Waals surface area contributed by atoms with Crippen LogP contribution in [0.15, 0.2) is 18.2 Å². The summed E-state index contributed by atoms with van der Waals surface area (Å²) in [6.07, 6.45) is 1.97. The Balaban J connectivity index is 1.96. The van der Waals surface area contributed by atoms with E-state index in [1.165, 1.54) is 0 Å². The molecule has 5 heteroatoms. The third-order valence-electron chi connectivity index (χ3n) is 4.07. The molecule has 0 spiro atoms. The Kier molecular flexibility index (Phi) is 5.19. The predicted molar refractivity (Wildman–Crippen MR) is 85.7 cm³/mol. The van der Waals surface area contributed by atoms with Gasteiger partial charge in [-0.15, -0.1) is 0 Å². The first-order valence-corrected chi connectivity index (χ1v) is 7.65. The van der Waals surface area contributed by atoms with Crippen LogP contribution in [0, 0.1) is 19.3 Å². The second-order valence-electron chi connectivity index (χ2n) is 5.96. The fourth-order valence-electron chi connectivity index (χ4n) is 2.38. The van der Waals surface area contributed by atoms with Gasteiger partial charge in [-0.2, -0.15) is 0 Å². The zero-order valence-corrected chi connectivity index (χ0v) is 13.5. The predicted octanol–water partition coefficient (Wildman–Crippen LogP) is 2.17. The number of hydrogen-bond acceptors (Lipinski definition) is 3. The van der Waals surface area contributed by atoms with E-state index >= 15 is 0 Å². The molecule has 0 aromatic heterocycles. The van der Waals surface area contributed by atoms with Gasteiger partial charge >= 0.3 is 0 Å². The lowest BCUT2D eigenvalue weighted by atomic mass is 10.0. The second kappa shape index (κ2) is 6.92. The van der Waals surface area contributed by atoms with Crippen LogP contribution in [0.2, 0.25) is 0 Å². The minimum absolute atomic E-state index is 0.175. The number of methoxy groups -OCH3 is 1. The van der Waals surface area contributed by atoms with E-state index in [9.17, 15) is 9.59 Å². The van der Waals surface area contributed by atoms with Gasteiger partial charge in [-0.05, 0) is 50.3 Å². The van der Waals surface area contributed by atoms with Gasteiger partial charge in [0, 0.05) is 25.9 Å². The second-order valence-corrected chi connectivity index (χ2v) is 5.96. The average Bonchev–Trinajstić information content (AvgIpc) is 3.29. The first-order valence-electron chi connectivity index (χ1n) is 7.65. The highest BCUT2D eigenvalue weighted by atomic mass is 16.5. The van der Waals surface area contributed by atoms with Crippen LogP contribution in [0.4, 0.5) is 5.69 Å². The molecule has 1 aromatic rings. The Labute approximate surface area is 131 Å². The van der Waals surface area contributed by atoms with Gasteiger partial charge in [0.15, 0.2) is 0 Å². The van der Waals surface area contributed by atoms with Crippen LogP contribution in [-0.4, -0.2) is 32.1 Å². The van der Waals surface area contributed by atoms with Crippen molar-refractivity contribution in [1.29, 1.82) is 0 Å². The number of anilines is 1. The number of carbonyl (C=O) groups excluding carboxylic acids is 2. The van der Waals surface area contributed by atoms with Crippen molar-refractivity contribution in [2.45, 2.75) is 33.1 Å². The Bertz CT molecular complexity index is 565. The molecule has 0 heterocycles. The molecule has 0 saturated heterocycles. The highest BCUT2D eigenvalue weighted by molar-refractivity contribution is 6.13. The van der Waals surface area contributed by atoms with Crippen molar-refractivity contribution in [3.63, 3.8) is 0 Å². The van der Waals surface area contributed by atoms with E-state index in [1.807, 2.05) is 32.0 Å². The molecular weight excluding hydrogens is 280 g/mol. The van der Waals surface area contributed by atoms with Crippen LogP contribution in [0.1, 0.15) is 30.4 Å². The average molecular weight is 304 g/mol. The third-order valence-corrected chi connectivity index (χ3v) is 4.07. The molecule has 22 heavy (non-hydrogen) atoms. The number of hydrogen-bond donors (Lipinski definition) is 2. The van der Waals surface area contributed by atoms with Crippen molar-refractivity contribution in [3.05, 3.63) is 29.3 Å². The molecule has 5 nitrogen and oxygen atoms in total. The molecule has 120 valence electrons. The van der Waals surface area contributed by atoms with E-state index < -0.39 is 5.41 Å². The fourth-order valence-corrected chi connectivity index (χ4v) is 2.38. The van der Waals surface area contributed by atoms with Crippen LogP contribution in [0.25, 0.3) is 0 Å². The standard InChI is InChI=1S/C17H24N2O3/c1-12-5-6-13(2)14(11-12)19-16(21)17(7-8-17)15(20)18-9-4-10-22-3/h5-6,11H,4,7-10H2,1-3H3,(H,18,20)(H,19,21). The number of nitrogens with one attached hydrogen (secondary N) is 2. The summed E-state index contributed by atoms with van der Waals surface area (Å²) in [5, 5.41) is 5.74. The Morgan fingerprint density at radius 3 is 2.59 bits per heavy atom. The molecule has 2 amide bonds. The number of benzene rings is 1. The van der Waals surface area contributed by atoms with E-state index in [1.54, 1.807) is 7.11 Å². The summed E-state index contributed by atoms with van der Waals surface area (Å²) in [4.78, 5) is 24.8. The molecule has 1 aliphatic carbocycles. The van der Waals surface area contributed by atoms with Crippen LogP contribution in [-0.2, 0) is 14.3 Å². The van der Waals surface area contributed by atoms with E-state index in [2.05, 4.69) is 10.6 Å². The molecule has 0 radical (unpaired) electrons. The number of carbonyl (C=O) groups is 2. The summed E-state index contributed by atoms with van der Waals surface area (Å²) in [6, 6.07) is 5.90. The van der Waals surface area contributed by atoms with Crippen molar-refractivity contribution in [3.8, 4) is 0 Å². The Morgan fingerprint density at radius 2 is 1.95 bits per heavy atom. The minimum atomic E-state index is -0.886. The van der Waals surface area contributed by atoms with Crippen LogP contribution < -0.4 is 10.6 Å². The minimum Gasteiger partial charge on any atom is -0.385 e. The van der Waals surface area contributed by atoms with Gasteiger partial charge in [0.25, 0.3) is 0 Å². The summed E-state index contributed by atoms with van der Waals surface area (Å²) in [5.74, 6) is -0.378. The topological polar surface area (TPSA) is 67.4 Å². The van der Waals surface area contributed by atoms with Gasteiger partial charge in [0.05, 0.1) is 0 Å². The normalized spacial score (nSPS) is 15.2. The summed E-state index contributed by atoms with van der Waals surface area (Å²) < 4.78 is 4.95. The van der Waals surface area contributed by atoms with Crippen LogP contribution in [0.5, 0.6) is 0 Å². The van der Waals surface area contributed by atoms with Gasteiger partial charge in [-0.25, -0.2) is 0 Å². The largest absolute Gasteiger partial charge is 0.385 e. The fraction of sp³-hybridized carbons (Fsp3) is 0.529. The lowest BCUT2D eigenvalue weighted by Gasteiger charge is -2.16. The van der Waals surface area contributed by atoms with E-state index in [0.717, 1.165) is 23.2 Å². The SMILES string of the molecule is COCCCNC(=O)C1(C(=O)Nc2cc(C)ccc2C)CC1. The van der Waals surface area contributed by atoms with Gasteiger partial charge in [-0.1, -0.05) is 12.1 Å². The van der Waals surface area contributed by atoms with Crippen LogP contribution in [0.3, 0.4) is 0 Å². The quantitative estimate of drug-likeness (QED) is 0.599. The summed E-state index contributed by atoms with van der Waals surface area (Å²) in [6.45, 7) is 5.05. The molecule has 0 unspecified atom stereocenters. The van der Waals surface area contributed by atoms with Gasteiger partial charge in [0.2, 0.25) is 11.8 Å². The zero-order chi connectivity index (χ0) is 16.2. The van der Waals surface area contributed by atoms with E-state index in [-0.39, 0.29) is 11.8 Å². The number of aryl methyl sites for hydroxylation is 2. The highest BCUT2D eigenvalue weighted by Gasteiger charge is 2.56. The molecule has 2 rings (SSSR count). The number of amides is 2. The van der Waals surface area contributed by atoms with E-state index in [0.29, 0.717) is 26.0 Å². The molecular formula is C17H24N2O3. The van der Waals surface area contributed by atoms with Gasteiger partial charge in [-0.3, -0.25) is 9.59 Å². The van der Waals surface area contributed by atoms with Gasteiger partial charge in [0.1, 0.15) is 5.41 Å². The van der Waals surface area contributed by atoms with Crippen molar-refractivity contribution in [2.75, 3.05) is 25.6 Å². The molecule has 1 aromatic carbocycles. The van der Waals surface area contributed by atoms with Crippen molar-refractivity contribution < 1.29 is 14.3 Å². The molecule has 1 aliphatic rings. The summed E-state index contributed by atoms with van der Waals surface area (Å²) in [5.41, 5.74) is 1.97. The lowest BCUT2D eigenvalue weighted by molar-refractivity contribution is -0.134. The number of rotatable bonds is 7. The van der Waals surface area contributed by atoms with Crippen molar-refractivity contribution in [1.82, 2.24) is 5.32 Å². The maximum Gasteiger partial charge on any atom is 0.240 e. The molecule has 2 N–H and O–H groups in total. The van der Waals surface area contributed by atoms with Gasteiger partial charge < -0.3 is 15.4 Å². The molecule has 1 fully saturated rings. The third kappa shape index (κ3) is 3.65. The first-order chi connectivity index (χ1) is 10.5. The Morgan fingerprint density at radius 1 is 1.23 bits per heavy atom. The summed E-state index contributed by atoms with van der Waals surface area (Å²) in [7, 11) is 1.63. The van der Waals surface area contributed by atoms with Crippen molar-refractivity contribution >= 4 is 17.5 Å². The highest BCUT2D eigenvalue weighted by Crippen LogP contribution is 2.47. The molecule has 0 bridgehead atoms. The lowest BCUT2D eigenvalue weighted by Crippen LogP contribution is -2.40.